The molecule has 0 unspecified atom stereocenters. The molecule has 0 amide bonds. The minimum Gasteiger partial charge on any atom is -0.361 e. The molecule has 1 aromatic carbocycles. The van der Waals surface area contributed by atoms with Gasteiger partial charge < -0.3 is 9.55 Å². The Kier molecular flexibility index (Phi) is 6.27. The third kappa shape index (κ3) is 3.60. The van der Waals surface area contributed by atoms with Crippen LogP contribution in [0.4, 0.5) is 4.39 Å². The third-order valence-corrected chi connectivity index (χ3v) is 5.17. The van der Waals surface area contributed by atoms with Crippen LogP contribution in [-0.4, -0.2) is 20.9 Å². The summed E-state index contributed by atoms with van der Waals surface area (Å²) in [4.78, 5) is 15.0. The summed E-state index contributed by atoms with van der Waals surface area (Å²) >= 11 is 4.72. The molecule has 0 spiro atoms. The average molecular weight is 522 g/mol. The lowest BCUT2D eigenvalue weighted by atomic mass is 10.1. The molecule has 24 heavy (non-hydrogen) atoms. The van der Waals surface area contributed by atoms with Crippen molar-refractivity contribution in [2.24, 2.45) is 0 Å². The second-order valence-corrected chi connectivity index (χ2v) is 6.62. The van der Waals surface area contributed by atoms with Gasteiger partial charge in [0.05, 0.1) is 11.6 Å². The van der Waals surface area contributed by atoms with Crippen LogP contribution in [0.25, 0.3) is 10.9 Å². The number of aromatic nitrogens is 2. The summed E-state index contributed by atoms with van der Waals surface area (Å²) in [5, 5.41) is 9.08. The first-order chi connectivity index (χ1) is 11.0. The SMILES string of the molecule is CSC(=N)c1ccc(=O)n(Cc2c(F)cc3[nH]ccc3c2Br)c1.I. The Hall–Kier alpha value is -1.13. The molecule has 4 nitrogen and oxygen atoms in total. The van der Waals surface area contributed by atoms with Crippen molar-refractivity contribution < 1.29 is 4.39 Å². The zero-order chi connectivity index (χ0) is 16.6. The largest absolute Gasteiger partial charge is 0.361 e. The molecule has 2 aromatic heterocycles. The van der Waals surface area contributed by atoms with Gasteiger partial charge in [-0.15, -0.1) is 35.7 Å². The van der Waals surface area contributed by atoms with Crippen molar-refractivity contribution in [2.75, 3.05) is 6.26 Å². The summed E-state index contributed by atoms with van der Waals surface area (Å²) in [6, 6.07) is 6.29. The highest BCUT2D eigenvalue weighted by Crippen LogP contribution is 2.30. The van der Waals surface area contributed by atoms with E-state index < -0.39 is 0 Å². The van der Waals surface area contributed by atoms with Crippen molar-refractivity contribution in [1.82, 2.24) is 9.55 Å². The van der Waals surface area contributed by atoms with Crippen LogP contribution >= 0.6 is 51.7 Å². The van der Waals surface area contributed by atoms with Crippen molar-refractivity contribution >= 4 is 67.6 Å². The van der Waals surface area contributed by atoms with Gasteiger partial charge in [0.15, 0.2) is 0 Å². The Morgan fingerprint density at radius 1 is 1.42 bits per heavy atom. The number of H-pyrrole nitrogens is 1. The maximum absolute atomic E-state index is 14.4. The summed E-state index contributed by atoms with van der Waals surface area (Å²) in [5.41, 5.74) is 1.51. The van der Waals surface area contributed by atoms with Crippen molar-refractivity contribution in [1.29, 1.82) is 5.41 Å². The van der Waals surface area contributed by atoms with Crippen LogP contribution in [0.1, 0.15) is 11.1 Å². The van der Waals surface area contributed by atoms with Crippen LogP contribution in [0, 0.1) is 11.2 Å². The van der Waals surface area contributed by atoms with Crippen LogP contribution in [0.2, 0.25) is 0 Å². The van der Waals surface area contributed by atoms with Gasteiger partial charge in [0.2, 0.25) is 0 Å². The Bertz CT molecular complexity index is 970. The van der Waals surface area contributed by atoms with E-state index in [2.05, 4.69) is 20.9 Å². The maximum Gasteiger partial charge on any atom is 0.250 e. The number of aromatic amines is 1. The van der Waals surface area contributed by atoms with E-state index >= 15 is 0 Å². The highest BCUT2D eigenvalue weighted by molar-refractivity contribution is 14.0. The molecule has 0 bridgehead atoms. The van der Waals surface area contributed by atoms with Crippen molar-refractivity contribution in [2.45, 2.75) is 6.54 Å². The van der Waals surface area contributed by atoms with E-state index in [0.29, 0.717) is 26.2 Å². The summed E-state index contributed by atoms with van der Waals surface area (Å²) in [6.07, 6.45) is 5.13. The number of halogens is 3. The van der Waals surface area contributed by atoms with E-state index in [-0.39, 0.29) is 41.9 Å². The molecule has 126 valence electrons. The second kappa shape index (κ2) is 7.83. The number of hydrogen-bond acceptors (Lipinski definition) is 3. The van der Waals surface area contributed by atoms with Gasteiger partial charge in [0.25, 0.3) is 5.56 Å². The van der Waals surface area contributed by atoms with Gasteiger partial charge in [-0.3, -0.25) is 10.2 Å². The number of rotatable bonds is 3. The molecule has 3 rings (SSSR count). The lowest BCUT2D eigenvalue weighted by molar-refractivity contribution is 0.596. The lowest BCUT2D eigenvalue weighted by Gasteiger charge is -2.11. The van der Waals surface area contributed by atoms with Gasteiger partial charge in [-0.25, -0.2) is 4.39 Å². The normalized spacial score (nSPS) is 10.6. The molecule has 0 radical (unpaired) electrons. The molecule has 0 atom stereocenters. The van der Waals surface area contributed by atoms with E-state index in [1.165, 1.54) is 28.5 Å². The monoisotopic (exact) mass is 521 g/mol. The summed E-state index contributed by atoms with van der Waals surface area (Å²) in [7, 11) is 0. The van der Waals surface area contributed by atoms with Crippen LogP contribution < -0.4 is 5.56 Å². The fourth-order valence-electron chi connectivity index (χ4n) is 2.40. The average Bonchev–Trinajstić information content (AvgIpc) is 3.00. The zero-order valence-corrected chi connectivity index (χ0v) is 17.3. The first kappa shape index (κ1) is 19.2. The highest BCUT2D eigenvalue weighted by Gasteiger charge is 2.14. The molecule has 8 heteroatoms. The van der Waals surface area contributed by atoms with Crippen LogP contribution in [0.15, 0.2) is 45.9 Å². The number of benzene rings is 1. The van der Waals surface area contributed by atoms with Crippen LogP contribution in [0.3, 0.4) is 0 Å². The van der Waals surface area contributed by atoms with Gasteiger partial charge in [-0.05, 0) is 40.4 Å². The summed E-state index contributed by atoms with van der Waals surface area (Å²) in [5.74, 6) is -0.385. The number of nitrogens with zero attached hydrogens (tertiary/aromatic N) is 1. The van der Waals surface area contributed by atoms with Crippen LogP contribution in [0.5, 0.6) is 0 Å². The maximum atomic E-state index is 14.4. The summed E-state index contributed by atoms with van der Waals surface area (Å²) in [6.45, 7) is 0.0991. The Morgan fingerprint density at radius 3 is 2.88 bits per heavy atom. The van der Waals surface area contributed by atoms with E-state index in [4.69, 9.17) is 5.41 Å². The summed E-state index contributed by atoms with van der Waals surface area (Å²) < 4.78 is 16.4. The molecule has 0 aliphatic heterocycles. The molecule has 2 N–H and O–H groups in total. The van der Waals surface area contributed by atoms with E-state index in [0.717, 1.165) is 5.39 Å². The Balaban J connectivity index is 0.00000208. The van der Waals surface area contributed by atoms with Gasteiger partial charge in [-0.1, -0.05) is 0 Å². The third-order valence-electron chi connectivity index (χ3n) is 3.62. The zero-order valence-electron chi connectivity index (χ0n) is 12.6. The van der Waals surface area contributed by atoms with Gasteiger partial charge in [0, 0.05) is 45.0 Å². The fraction of sp³-hybridized carbons (Fsp3) is 0.125. The lowest BCUT2D eigenvalue weighted by Crippen LogP contribution is -2.21. The van der Waals surface area contributed by atoms with Gasteiger partial charge >= 0.3 is 0 Å². The minimum atomic E-state index is -0.385. The first-order valence-electron chi connectivity index (χ1n) is 6.78. The Labute approximate surface area is 167 Å². The smallest absolute Gasteiger partial charge is 0.250 e. The molecule has 0 saturated heterocycles. The first-order valence-corrected chi connectivity index (χ1v) is 8.80. The van der Waals surface area contributed by atoms with Crippen molar-refractivity contribution in [3.8, 4) is 0 Å². The molecule has 0 aliphatic rings. The molecule has 0 aliphatic carbocycles. The minimum absolute atomic E-state index is 0. The molecular formula is C16H14BrFIN3OS. The second-order valence-electron chi connectivity index (χ2n) is 5.01. The number of thioether (sulfide) groups is 1. The van der Waals surface area contributed by atoms with Crippen LogP contribution in [-0.2, 0) is 6.54 Å². The standard InChI is InChI=1S/C16H13BrFN3OS.HI/c1-23-16(19)9-2-3-14(22)21(7-9)8-11-12(18)6-13-10(15(11)17)4-5-20-13;/h2-7,19-20H,8H2,1H3;1H. The number of fused-ring (bicyclic) bond motifs is 1. The van der Waals surface area contributed by atoms with E-state index in [1.54, 1.807) is 24.7 Å². The molecule has 2 heterocycles. The molecular weight excluding hydrogens is 508 g/mol. The van der Waals surface area contributed by atoms with E-state index in [9.17, 15) is 9.18 Å². The quantitative estimate of drug-likeness (QED) is 0.301. The fourth-order valence-corrected chi connectivity index (χ4v) is 3.41. The van der Waals surface area contributed by atoms with Gasteiger partial charge in [0.1, 0.15) is 5.82 Å². The number of pyridine rings is 1. The number of hydrogen-bond donors (Lipinski definition) is 2. The van der Waals surface area contributed by atoms with Crippen molar-refractivity contribution in [3.05, 3.63) is 68.4 Å². The topological polar surface area (TPSA) is 61.6 Å². The molecule has 0 fully saturated rings. The predicted octanol–water partition coefficient (Wildman–Crippen LogP) is 4.59. The highest BCUT2D eigenvalue weighted by atomic mass is 127. The van der Waals surface area contributed by atoms with Crippen molar-refractivity contribution in [3.63, 3.8) is 0 Å². The molecule has 0 saturated carbocycles. The predicted molar refractivity (Wildman–Crippen MR) is 112 cm³/mol. The Morgan fingerprint density at radius 2 is 2.17 bits per heavy atom. The van der Waals surface area contributed by atoms with E-state index in [1.807, 2.05) is 6.07 Å². The van der Waals surface area contributed by atoms with Gasteiger partial charge in [-0.2, -0.15) is 0 Å². The molecule has 3 aromatic rings. The number of nitrogens with one attached hydrogen (secondary N) is 2.